The van der Waals surface area contributed by atoms with E-state index < -0.39 is 17.9 Å². The Hall–Kier alpha value is -3.62. The van der Waals surface area contributed by atoms with Crippen LogP contribution in [-0.2, 0) is 4.79 Å². The van der Waals surface area contributed by atoms with Crippen LogP contribution in [-0.4, -0.2) is 45.8 Å². The second-order valence-corrected chi connectivity index (χ2v) is 6.54. The summed E-state index contributed by atoms with van der Waals surface area (Å²) in [6.07, 6.45) is 1.15. The fourth-order valence-electron chi connectivity index (χ4n) is 3.14. The number of carboxylic acids is 1. The molecule has 1 amide bonds. The Morgan fingerprint density at radius 3 is 2.62 bits per heavy atom. The van der Waals surface area contributed by atoms with Crippen molar-refractivity contribution in [1.82, 2.24) is 19.9 Å². The quantitative estimate of drug-likeness (QED) is 0.627. The summed E-state index contributed by atoms with van der Waals surface area (Å²) in [6, 6.07) is 6.00. The molecule has 0 radical (unpaired) electrons. The molecule has 0 spiro atoms. The Morgan fingerprint density at radius 1 is 1.21 bits per heavy atom. The lowest BCUT2D eigenvalue weighted by atomic mass is 10.0. The molecule has 1 unspecified atom stereocenters. The fourth-order valence-corrected chi connectivity index (χ4v) is 3.14. The number of carboxylic acid groups (broad SMARTS) is 1. The van der Waals surface area contributed by atoms with E-state index in [4.69, 9.17) is 9.47 Å². The molecule has 1 aromatic carbocycles. The summed E-state index contributed by atoms with van der Waals surface area (Å²) in [4.78, 5) is 28.6. The molecule has 2 aromatic heterocycles. The van der Waals surface area contributed by atoms with Gasteiger partial charge in [0, 0.05) is 23.9 Å². The van der Waals surface area contributed by atoms with Crippen LogP contribution in [0.3, 0.4) is 0 Å². The van der Waals surface area contributed by atoms with Crippen molar-refractivity contribution in [3.8, 4) is 11.5 Å². The number of aliphatic carboxylic acids is 1. The van der Waals surface area contributed by atoms with Gasteiger partial charge in [0.2, 0.25) is 0 Å². The lowest BCUT2D eigenvalue weighted by Gasteiger charge is -2.21. The van der Waals surface area contributed by atoms with E-state index in [1.807, 2.05) is 13.0 Å². The monoisotopic (exact) mass is 398 g/mol. The predicted octanol–water partition coefficient (Wildman–Crippen LogP) is 2.31. The van der Waals surface area contributed by atoms with Crippen LogP contribution in [0.5, 0.6) is 11.5 Å². The molecule has 2 heterocycles. The van der Waals surface area contributed by atoms with E-state index in [2.05, 4.69) is 15.4 Å². The number of aryl methyl sites for hydroxylation is 2. The lowest BCUT2D eigenvalue weighted by Crippen LogP contribution is -2.31. The van der Waals surface area contributed by atoms with Crippen molar-refractivity contribution in [2.75, 3.05) is 14.2 Å². The van der Waals surface area contributed by atoms with E-state index in [1.165, 1.54) is 20.4 Å². The minimum absolute atomic E-state index is 0.309. The molecule has 152 valence electrons. The number of ether oxygens (including phenoxy) is 2. The number of nitrogens with zero attached hydrogens (tertiary/aromatic N) is 3. The lowest BCUT2D eigenvalue weighted by molar-refractivity contribution is -0.137. The van der Waals surface area contributed by atoms with Crippen molar-refractivity contribution >= 4 is 17.5 Å². The minimum Gasteiger partial charge on any atom is -0.497 e. The van der Waals surface area contributed by atoms with Gasteiger partial charge in [-0.15, -0.1) is 0 Å². The zero-order valence-electron chi connectivity index (χ0n) is 16.6. The highest BCUT2D eigenvalue weighted by Crippen LogP contribution is 2.31. The molecule has 1 atom stereocenters. The number of aromatic nitrogens is 3. The van der Waals surface area contributed by atoms with Crippen LogP contribution < -0.4 is 14.8 Å². The fraction of sp³-hybridized carbons (Fsp3) is 0.300. The molecular weight excluding hydrogens is 376 g/mol. The van der Waals surface area contributed by atoms with Gasteiger partial charge >= 0.3 is 5.97 Å². The van der Waals surface area contributed by atoms with E-state index in [0.29, 0.717) is 34.0 Å². The minimum atomic E-state index is -1.05. The SMILES string of the molecule is COc1ccc(C(CC(=O)O)NC(=O)c2cnc3cc(C)nn3c2C)c(OC)c1. The summed E-state index contributed by atoms with van der Waals surface area (Å²) in [5.74, 6) is -0.523. The van der Waals surface area contributed by atoms with Gasteiger partial charge in [-0.3, -0.25) is 9.59 Å². The van der Waals surface area contributed by atoms with Gasteiger partial charge in [0.05, 0.1) is 43.6 Å². The number of fused-ring (bicyclic) bond motifs is 1. The Labute approximate surface area is 167 Å². The first kappa shape index (κ1) is 20.1. The van der Waals surface area contributed by atoms with Crippen LogP contribution in [0.2, 0.25) is 0 Å². The normalized spacial score (nSPS) is 11.9. The van der Waals surface area contributed by atoms with Crippen LogP contribution in [0.15, 0.2) is 30.5 Å². The zero-order chi connectivity index (χ0) is 21.1. The molecule has 3 aromatic rings. The van der Waals surface area contributed by atoms with Crippen molar-refractivity contribution < 1.29 is 24.2 Å². The average molecular weight is 398 g/mol. The second kappa shape index (κ2) is 8.17. The van der Waals surface area contributed by atoms with Gasteiger partial charge in [-0.1, -0.05) is 0 Å². The Bertz CT molecular complexity index is 1080. The third-order valence-corrected chi connectivity index (χ3v) is 4.59. The standard InChI is InChI=1S/C20H22N4O5/c1-11-7-18-21-10-15(12(2)24(18)23-11)20(27)22-16(9-19(25)26)14-6-5-13(28-3)8-17(14)29-4/h5-8,10,16H,9H2,1-4H3,(H,22,27)(H,25,26). The molecule has 9 heteroatoms. The Balaban J connectivity index is 1.96. The summed E-state index contributed by atoms with van der Waals surface area (Å²) in [6.45, 7) is 3.60. The van der Waals surface area contributed by atoms with E-state index in [9.17, 15) is 14.7 Å². The van der Waals surface area contributed by atoms with Crippen LogP contribution in [0.4, 0.5) is 0 Å². The Kier molecular flexibility index (Phi) is 5.67. The topological polar surface area (TPSA) is 115 Å². The summed E-state index contributed by atoms with van der Waals surface area (Å²) in [5.41, 5.74) is 2.87. The third kappa shape index (κ3) is 4.13. The molecule has 0 fully saturated rings. The summed E-state index contributed by atoms with van der Waals surface area (Å²) >= 11 is 0. The smallest absolute Gasteiger partial charge is 0.305 e. The maximum Gasteiger partial charge on any atom is 0.305 e. The number of amides is 1. The van der Waals surface area contributed by atoms with Crippen LogP contribution in [0, 0.1) is 13.8 Å². The third-order valence-electron chi connectivity index (χ3n) is 4.59. The molecule has 2 N–H and O–H groups in total. The number of carbonyl (C=O) groups is 2. The molecule has 3 rings (SSSR count). The largest absolute Gasteiger partial charge is 0.497 e. The first-order valence-corrected chi connectivity index (χ1v) is 8.90. The number of carbonyl (C=O) groups excluding carboxylic acids is 1. The van der Waals surface area contributed by atoms with Gasteiger partial charge in [0.15, 0.2) is 5.65 Å². The van der Waals surface area contributed by atoms with E-state index in [-0.39, 0.29) is 6.42 Å². The molecule has 0 aliphatic carbocycles. The average Bonchev–Trinajstić information content (AvgIpc) is 3.08. The molecule has 0 saturated heterocycles. The van der Waals surface area contributed by atoms with Crippen molar-refractivity contribution in [2.45, 2.75) is 26.3 Å². The molecule has 9 nitrogen and oxygen atoms in total. The highest BCUT2D eigenvalue weighted by Gasteiger charge is 2.24. The predicted molar refractivity (Wildman–Crippen MR) is 104 cm³/mol. The maximum absolute atomic E-state index is 13.0. The van der Waals surface area contributed by atoms with E-state index in [0.717, 1.165) is 5.69 Å². The highest BCUT2D eigenvalue weighted by atomic mass is 16.5. The number of hydrogen-bond donors (Lipinski definition) is 2. The number of hydrogen-bond acceptors (Lipinski definition) is 6. The van der Waals surface area contributed by atoms with Crippen molar-refractivity contribution in [2.24, 2.45) is 0 Å². The first-order valence-electron chi connectivity index (χ1n) is 8.90. The van der Waals surface area contributed by atoms with Crippen LogP contribution in [0.25, 0.3) is 5.65 Å². The van der Waals surface area contributed by atoms with Crippen molar-refractivity contribution in [3.05, 3.63) is 53.0 Å². The molecule has 0 aliphatic heterocycles. The van der Waals surface area contributed by atoms with E-state index in [1.54, 1.807) is 29.6 Å². The summed E-state index contributed by atoms with van der Waals surface area (Å²) < 4.78 is 12.1. The molecule has 0 bridgehead atoms. The van der Waals surface area contributed by atoms with Gasteiger partial charge in [0.1, 0.15) is 11.5 Å². The molecular formula is C20H22N4O5. The zero-order valence-corrected chi connectivity index (χ0v) is 16.6. The van der Waals surface area contributed by atoms with Gasteiger partial charge in [-0.25, -0.2) is 9.50 Å². The second-order valence-electron chi connectivity index (χ2n) is 6.54. The number of nitrogens with one attached hydrogen (secondary N) is 1. The maximum atomic E-state index is 13.0. The Morgan fingerprint density at radius 2 is 1.97 bits per heavy atom. The van der Waals surface area contributed by atoms with Gasteiger partial charge in [-0.2, -0.15) is 5.10 Å². The molecule has 0 saturated carbocycles. The van der Waals surface area contributed by atoms with Crippen molar-refractivity contribution in [1.29, 1.82) is 0 Å². The van der Waals surface area contributed by atoms with Gasteiger partial charge in [-0.05, 0) is 26.0 Å². The van der Waals surface area contributed by atoms with Gasteiger partial charge in [0.25, 0.3) is 5.91 Å². The summed E-state index contributed by atoms with van der Waals surface area (Å²) in [5, 5.41) is 16.5. The van der Waals surface area contributed by atoms with Crippen LogP contribution in [0.1, 0.15) is 39.8 Å². The molecule has 29 heavy (non-hydrogen) atoms. The number of methoxy groups -OCH3 is 2. The van der Waals surface area contributed by atoms with Gasteiger partial charge < -0.3 is 19.9 Å². The highest BCUT2D eigenvalue weighted by molar-refractivity contribution is 5.95. The van der Waals surface area contributed by atoms with Crippen LogP contribution >= 0.6 is 0 Å². The number of benzene rings is 1. The molecule has 0 aliphatic rings. The van der Waals surface area contributed by atoms with Crippen molar-refractivity contribution in [3.63, 3.8) is 0 Å². The van der Waals surface area contributed by atoms with E-state index >= 15 is 0 Å². The summed E-state index contributed by atoms with van der Waals surface area (Å²) in [7, 11) is 2.99. The first-order chi connectivity index (χ1) is 13.8. The number of rotatable bonds is 7.